The average molecular weight is 429 g/mol. The zero-order chi connectivity index (χ0) is 21.0. The summed E-state index contributed by atoms with van der Waals surface area (Å²) in [5.74, 6) is 3.01. The molecule has 1 fully saturated rings. The molecule has 2 aliphatic rings. The lowest BCUT2D eigenvalue weighted by Crippen LogP contribution is -2.48. The monoisotopic (exact) mass is 428 g/mol. The van der Waals surface area contributed by atoms with E-state index in [1.807, 2.05) is 24.4 Å². The van der Waals surface area contributed by atoms with Crippen LogP contribution in [0.1, 0.15) is 37.8 Å². The van der Waals surface area contributed by atoms with E-state index in [2.05, 4.69) is 23.3 Å². The van der Waals surface area contributed by atoms with Crippen LogP contribution in [0.2, 0.25) is 0 Å². The number of carbonyl (C=O) groups excluding carboxylic acids is 1. The zero-order valence-electron chi connectivity index (χ0n) is 17.5. The summed E-state index contributed by atoms with van der Waals surface area (Å²) in [5.41, 5.74) is 2.73. The predicted octanol–water partition coefficient (Wildman–Crippen LogP) is 4.00. The van der Waals surface area contributed by atoms with Crippen molar-refractivity contribution >= 4 is 17.7 Å². The van der Waals surface area contributed by atoms with Gasteiger partial charge in [0.05, 0.1) is 38.3 Å². The van der Waals surface area contributed by atoms with Crippen LogP contribution in [-0.4, -0.2) is 48.3 Å². The van der Waals surface area contributed by atoms with Crippen LogP contribution in [0.15, 0.2) is 36.7 Å². The molecule has 30 heavy (non-hydrogen) atoms. The number of fused-ring (bicyclic) bond motifs is 1. The van der Waals surface area contributed by atoms with E-state index >= 15 is 0 Å². The summed E-state index contributed by atoms with van der Waals surface area (Å²) in [5, 5.41) is 3.26. The molecule has 160 valence electrons. The molecule has 1 aromatic carbocycles. The molecule has 1 saturated heterocycles. The third-order valence-corrected chi connectivity index (χ3v) is 6.62. The van der Waals surface area contributed by atoms with Gasteiger partial charge < -0.3 is 19.5 Å². The molecule has 6 nitrogen and oxygen atoms in total. The standard InChI is InChI=1S/C23H28N2O4S/c1-3-30-15-22(26)25-20-12-23(6-8-28-9-7-23)29-21-5-4-16(11-19(20)21)17-10-18(27-2)14-24-13-17/h4-5,10-11,13-14,20H,3,6-9,12,15H2,1-2H3,(H,25,26). The first-order valence-electron chi connectivity index (χ1n) is 10.4. The van der Waals surface area contributed by atoms with Crippen LogP contribution < -0.4 is 14.8 Å². The molecule has 1 N–H and O–H groups in total. The molecule has 1 amide bonds. The molecular formula is C23H28N2O4S. The van der Waals surface area contributed by atoms with Gasteiger partial charge in [-0.15, -0.1) is 0 Å². The van der Waals surface area contributed by atoms with E-state index in [4.69, 9.17) is 14.2 Å². The fourth-order valence-electron chi connectivity index (χ4n) is 4.15. The third kappa shape index (κ3) is 4.57. The van der Waals surface area contributed by atoms with Gasteiger partial charge in [0.2, 0.25) is 5.91 Å². The number of methoxy groups -OCH3 is 1. The number of hydrogen-bond acceptors (Lipinski definition) is 6. The molecule has 7 heteroatoms. The minimum atomic E-state index is -0.278. The van der Waals surface area contributed by atoms with Crippen molar-refractivity contribution in [1.29, 1.82) is 0 Å². The van der Waals surface area contributed by atoms with E-state index in [0.717, 1.165) is 47.5 Å². The number of aromatic nitrogens is 1. The van der Waals surface area contributed by atoms with E-state index in [-0.39, 0.29) is 17.6 Å². The second-order valence-corrected chi connectivity index (χ2v) is 9.00. The van der Waals surface area contributed by atoms with Crippen LogP contribution in [0.3, 0.4) is 0 Å². The van der Waals surface area contributed by atoms with Gasteiger partial charge >= 0.3 is 0 Å². The highest BCUT2D eigenvalue weighted by Gasteiger charge is 2.42. The number of thioether (sulfide) groups is 1. The van der Waals surface area contributed by atoms with Crippen molar-refractivity contribution in [2.75, 3.05) is 31.8 Å². The van der Waals surface area contributed by atoms with Crippen molar-refractivity contribution in [2.45, 2.75) is 37.8 Å². The molecule has 3 heterocycles. The molecule has 0 bridgehead atoms. The van der Waals surface area contributed by atoms with Gasteiger partial charge in [-0.25, -0.2) is 0 Å². The summed E-state index contributed by atoms with van der Waals surface area (Å²) in [6.45, 7) is 3.44. The Hall–Kier alpha value is -2.25. The zero-order valence-corrected chi connectivity index (χ0v) is 18.3. The maximum Gasteiger partial charge on any atom is 0.230 e. The molecule has 1 unspecified atom stereocenters. The van der Waals surface area contributed by atoms with E-state index < -0.39 is 0 Å². The lowest BCUT2D eigenvalue weighted by Gasteiger charge is -2.44. The Bertz CT molecular complexity index is 899. The number of amides is 1. The van der Waals surface area contributed by atoms with Crippen LogP contribution in [0, 0.1) is 0 Å². The second-order valence-electron chi connectivity index (χ2n) is 7.72. The Morgan fingerprint density at radius 2 is 2.10 bits per heavy atom. The largest absolute Gasteiger partial charge is 0.495 e. The van der Waals surface area contributed by atoms with Gasteiger partial charge in [0.25, 0.3) is 0 Å². The Kier molecular flexibility index (Phi) is 6.49. The normalized spacial score (nSPS) is 19.6. The van der Waals surface area contributed by atoms with Gasteiger partial charge in [-0.3, -0.25) is 9.78 Å². The lowest BCUT2D eigenvalue weighted by atomic mass is 9.81. The molecule has 0 aliphatic carbocycles. The number of rotatable bonds is 6. The summed E-state index contributed by atoms with van der Waals surface area (Å²) in [4.78, 5) is 16.8. The fraction of sp³-hybridized carbons (Fsp3) is 0.478. The van der Waals surface area contributed by atoms with Gasteiger partial charge in [-0.2, -0.15) is 11.8 Å². The minimum Gasteiger partial charge on any atom is -0.495 e. The minimum absolute atomic E-state index is 0.0651. The van der Waals surface area contributed by atoms with Crippen molar-refractivity contribution in [2.24, 2.45) is 0 Å². The predicted molar refractivity (Wildman–Crippen MR) is 118 cm³/mol. The molecule has 2 aliphatic heterocycles. The van der Waals surface area contributed by atoms with Crippen LogP contribution in [-0.2, 0) is 9.53 Å². The summed E-state index contributed by atoms with van der Waals surface area (Å²) < 4.78 is 17.4. The number of hydrogen-bond donors (Lipinski definition) is 1. The summed E-state index contributed by atoms with van der Waals surface area (Å²) in [6, 6.07) is 8.04. The topological polar surface area (TPSA) is 69.7 Å². The quantitative estimate of drug-likeness (QED) is 0.750. The molecule has 1 spiro atoms. The summed E-state index contributed by atoms with van der Waals surface area (Å²) in [6.07, 6.45) is 5.94. The molecule has 2 aromatic rings. The molecule has 4 rings (SSSR count). The van der Waals surface area contributed by atoms with Gasteiger partial charge in [0, 0.05) is 36.6 Å². The second kappa shape index (κ2) is 9.27. The van der Waals surface area contributed by atoms with Crippen LogP contribution in [0.4, 0.5) is 0 Å². The number of nitrogens with zero attached hydrogens (tertiary/aromatic N) is 1. The number of carbonyl (C=O) groups is 1. The number of pyridine rings is 1. The van der Waals surface area contributed by atoms with E-state index in [0.29, 0.717) is 24.7 Å². The molecule has 0 radical (unpaired) electrons. The van der Waals surface area contributed by atoms with Gasteiger partial charge in [0.15, 0.2) is 0 Å². The number of nitrogens with one attached hydrogen (secondary N) is 1. The van der Waals surface area contributed by atoms with Crippen molar-refractivity contribution in [3.63, 3.8) is 0 Å². The third-order valence-electron chi connectivity index (χ3n) is 5.75. The maximum atomic E-state index is 12.6. The van der Waals surface area contributed by atoms with E-state index in [1.165, 1.54) is 0 Å². The van der Waals surface area contributed by atoms with Crippen LogP contribution in [0.25, 0.3) is 11.1 Å². The van der Waals surface area contributed by atoms with E-state index in [9.17, 15) is 4.79 Å². The average Bonchev–Trinajstić information content (AvgIpc) is 2.78. The Morgan fingerprint density at radius 1 is 1.27 bits per heavy atom. The molecular weight excluding hydrogens is 400 g/mol. The number of benzene rings is 1. The van der Waals surface area contributed by atoms with Crippen molar-refractivity contribution in [3.05, 3.63) is 42.2 Å². The van der Waals surface area contributed by atoms with E-state index in [1.54, 1.807) is 25.1 Å². The lowest BCUT2D eigenvalue weighted by molar-refractivity contribution is -0.120. The highest BCUT2D eigenvalue weighted by atomic mass is 32.2. The first kappa shape index (κ1) is 21.0. The summed E-state index contributed by atoms with van der Waals surface area (Å²) >= 11 is 1.63. The first-order valence-corrected chi connectivity index (χ1v) is 11.6. The first-order chi connectivity index (χ1) is 14.6. The number of ether oxygens (including phenoxy) is 3. The highest BCUT2D eigenvalue weighted by molar-refractivity contribution is 7.99. The molecule has 0 saturated carbocycles. The molecule has 1 aromatic heterocycles. The van der Waals surface area contributed by atoms with Gasteiger partial charge in [-0.1, -0.05) is 13.0 Å². The fourth-order valence-corrected chi connectivity index (χ4v) is 4.62. The SMILES string of the molecule is CCSCC(=O)NC1CC2(CCOCC2)Oc2ccc(-c3cncc(OC)c3)cc21. The Balaban J connectivity index is 1.67. The van der Waals surface area contributed by atoms with Crippen LogP contribution in [0.5, 0.6) is 11.5 Å². The van der Waals surface area contributed by atoms with Gasteiger partial charge in [0.1, 0.15) is 17.1 Å². The van der Waals surface area contributed by atoms with Gasteiger partial charge in [-0.05, 0) is 29.5 Å². The summed E-state index contributed by atoms with van der Waals surface area (Å²) in [7, 11) is 1.63. The van der Waals surface area contributed by atoms with Crippen molar-refractivity contribution in [1.82, 2.24) is 10.3 Å². The maximum absolute atomic E-state index is 12.6. The Morgan fingerprint density at radius 3 is 2.87 bits per heavy atom. The smallest absolute Gasteiger partial charge is 0.230 e. The highest BCUT2D eigenvalue weighted by Crippen LogP contribution is 2.45. The Labute approximate surface area is 181 Å². The molecule has 1 atom stereocenters. The van der Waals surface area contributed by atoms with Crippen LogP contribution >= 0.6 is 11.8 Å². The van der Waals surface area contributed by atoms with Crippen molar-refractivity contribution < 1.29 is 19.0 Å². The van der Waals surface area contributed by atoms with Crippen molar-refractivity contribution in [3.8, 4) is 22.6 Å².